The largest absolute Gasteiger partial charge is 0.456 e. The normalized spacial score (nSPS) is 13.4. The summed E-state index contributed by atoms with van der Waals surface area (Å²) >= 11 is 3.75. The van der Waals surface area contributed by atoms with Gasteiger partial charge in [-0.25, -0.2) is 9.97 Å². The van der Waals surface area contributed by atoms with E-state index < -0.39 is 0 Å². The summed E-state index contributed by atoms with van der Waals surface area (Å²) in [6.07, 6.45) is 6.62. The first-order valence-electron chi connectivity index (χ1n) is 17.0. The molecule has 0 bridgehead atoms. The van der Waals surface area contributed by atoms with Crippen LogP contribution in [0.4, 0.5) is 0 Å². The maximum atomic E-state index is 6.20. The van der Waals surface area contributed by atoms with Gasteiger partial charge in [0.2, 0.25) is 0 Å². The van der Waals surface area contributed by atoms with Crippen LogP contribution in [0.3, 0.4) is 0 Å². The number of aryl methyl sites for hydroxylation is 1. The number of thiophene rings is 2. The number of hydrogen-bond acceptors (Lipinski definition) is 5. The molecule has 1 aliphatic carbocycles. The van der Waals surface area contributed by atoms with Crippen LogP contribution in [0.5, 0.6) is 0 Å². The van der Waals surface area contributed by atoms with Gasteiger partial charge in [0, 0.05) is 63.1 Å². The number of rotatable bonds is 2. The van der Waals surface area contributed by atoms with Gasteiger partial charge in [0.15, 0.2) is 11.6 Å². The fourth-order valence-corrected chi connectivity index (χ4v) is 10.8. The standard InChI is InChI=1S/C44H25N3OS2/c1-2-13-27-26(12-1)37-29-15-5-9-19-35(29)49-41(37)38-28-14-3-7-17-32(28)47(40(27)38)44-42-39(30-16-6-10-20-36(30)50-42)45-43(46-44)24-21-22-34-31(23-24)25-11-4-8-18-33(25)48-34/h1-9,11-19,21-23H,10,20H2. The van der Waals surface area contributed by atoms with Gasteiger partial charge >= 0.3 is 0 Å². The quantitative estimate of drug-likeness (QED) is 0.183. The molecule has 50 heavy (non-hydrogen) atoms. The molecular weight excluding hydrogens is 651 g/mol. The van der Waals surface area contributed by atoms with E-state index in [0.29, 0.717) is 0 Å². The second kappa shape index (κ2) is 9.88. The third kappa shape index (κ3) is 3.54. The van der Waals surface area contributed by atoms with Crippen molar-refractivity contribution in [3.05, 3.63) is 132 Å². The van der Waals surface area contributed by atoms with E-state index in [1.165, 1.54) is 57.7 Å². The molecule has 5 aromatic heterocycles. The molecule has 0 spiro atoms. The molecule has 0 amide bonds. The molecule has 1 aliphatic rings. The van der Waals surface area contributed by atoms with Crippen molar-refractivity contribution in [3.8, 4) is 17.2 Å². The van der Waals surface area contributed by atoms with Gasteiger partial charge < -0.3 is 4.42 Å². The number of fused-ring (bicyclic) bond motifs is 16. The molecule has 0 aliphatic heterocycles. The molecule has 0 radical (unpaired) electrons. The summed E-state index contributed by atoms with van der Waals surface area (Å²) in [5.41, 5.74) is 7.34. The highest BCUT2D eigenvalue weighted by Crippen LogP contribution is 2.49. The Morgan fingerprint density at radius 3 is 2.30 bits per heavy atom. The molecule has 4 nitrogen and oxygen atoms in total. The van der Waals surface area contributed by atoms with Crippen LogP contribution in [-0.4, -0.2) is 14.5 Å². The van der Waals surface area contributed by atoms with Gasteiger partial charge in [-0.15, -0.1) is 22.7 Å². The summed E-state index contributed by atoms with van der Waals surface area (Å²) in [5.74, 6) is 1.66. The van der Waals surface area contributed by atoms with Gasteiger partial charge in [-0.3, -0.25) is 4.57 Å². The number of aromatic nitrogens is 3. The summed E-state index contributed by atoms with van der Waals surface area (Å²) in [5, 5.41) is 9.86. The Morgan fingerprint density at radius 1 is 0.620 bits per heavy atom. The third-order valence-corrected chi connectivity index (χ3v) is 12.9. The SMILES string of the molecule is C1=Cc2c(sc3c(-n4c5ccccc5c5c6sc7ccccc7c6c6ccccc6c54)nc(-c4ccc5oc6ccccc6c5c4)nc23)CC1. The van der Waals surface area contributed by atoms with E-state index >= 15 is 0 Å². The van der Waals surface area contributed by atoms with Gasteiger partial charge in [0.05, 0.1) is 21.3 Å². The van der Waals surface area contributed by atoms with Crippen molar-refractivity contribution >= 4 is 114 Å². The van der Waals surface area contributed by atoms with Crippen molar-refractivity contribution in [2.45, 2.75) is 12.8 Å². The topological polar surface area (TPSA) is 43.9 Å². The number of furan rings is 1. The van der Waals surface area contributed by atoms with E-state index in [1.54, 1.807) is 0 Å². The molecule has 0 saturated heterocycles. The van der Waals surface area contributed by atoms with Crippen LogP contribution in [0, 0.1) is 0 Å². The van der Waals surface area contributed by atoms with Gasteiger partial charge in [0.1, 0.15) is 11.2 Å². The van der Waals surface area contributed by atoms with Gasteiger partial charge in [-0.2, -0.15) is 0 Å². The van der Waals surface area contributed by atoms with Crippen LogP contribution < -0.4 is 0 Å². The molecule has 6 heteroatoms. The van der Waals surface area contributed by atoms with Crippen molar-refractivity contribution in [2.75, 3.05) is 0 Å². The fourth-order valence-electron chi connectivity index (χ4n) is 8.29. The summed E-state index contributed by atoms with van der Waals surface area (Å²) < 4.78 is 12.4. The first kappa shape index (κ1) is 27.1. The lowest BCUT2D eigenvalue weighted by molar-refractivity contribution is 0.669. The molecular formula is C44H25N3OS2. The summed E-state index contributed by atoms with van der Waals surface area (Å²) in [6, 6.07) is 41.2. The van der Waals surface area contributed by atoms with E-state index in [-0.39, 0.29) is 0 Å². The predicted molar refractivity (Wildman–Crippen MR) is 212 cm³/mol. The van der Waals surface area contributed by atoms with Crippen LogP contribution in [0.1, 0.15) is 16.9 Å². The van der Waals surface area contributed by atoms with Crippen LogP contribution >= 0.6 is 22.7 Å². The predicted octanol–water partition coefficient (Wildman–Crippen LogP) is 12.8. The average molecular weight is 676 g/mol. The number of allylic oxidation sites excluding steroid dienone is 1. The Balaban J connectivity index is 1.26. The van der Waals surface area contributed by atoms with Crippen molar-refractivity contribution in [1.29, 1.82) is 0 Å². The fraction of sp³-hybridized carbons (Fsp3) is 0.0455. The summed E-state index contributed by atoms with van der Waals surface area (Å²) in [6.45, 7) is 0. The minimum atomic E-state index is 0.720. The summed E-state index contributed by atoms with van der Waals surface area (Å²) in [7, 11) is 0. The zero-order valence-corrected chi connectivity index (χ0v) is 28.2. The molecule has 5 heterocycles. The Labute approximate surface area is 293 Å². The van der Waals surface area contributed by atoms with Crippen LogP contribution in [-0.2, 0) is 6.42 Å². The number of nitrogens with zero attached hydrogens (tertiary/aromatic N) is 3. The minimum Gasteiger partial charge on any atom is -0.456 e. The smallest absolute Gasteiger partial charge is 0.162 e. The number of hydrogen-bond donors (Lipinski definition) is 0. The van der Waals surface area contributed by atoms with E-state index in [0.717, 1.165) is 67.7 Å². The van der Waals surface area contributed by atoms with Crippen LogP contribution in [0.2, 0.25) is 0 Å². The Hall–Kier alpha value is -5.82. The zero-order chi connectivity index (χ0) is 32.5. The van der Waals surface area contributed by atoms with Crippen molar-refractivity contribution in [2.24, 2.45) is 0 Å². The molecule has 11 aromatic rings. The second-order valence-electron chi connectivity index (χ2n) is 13.2. The molecule has 12 rings (SSSR count). The molecule has 0 fully saturated rings. The lowest BCUT2D eigenvalue weighted by Crippen LogP contribution is -2.02. The number of para-hydroxylation sites is 2. The minimum absolute atomic E-state index is 0.720. The van der Waals surface area contributed by atoms with E-state index in [4.69, 9.17) is 14.4 Å². The zero-order valence-electron chi connectivity index (χ0n) is 26.6. The molecule has 234 valence electrons. The second-order valence-corrected chi connectivity index (χ2v) is 15.3. The Kier molecular flexibility index (Phi) is 5.35. The monoisotopic (exact) mass is 675 g/mol. The first-order chi connectivity index (χ1) is 24.8. The van der Waals surface area contributed by atoms with Crippen molar-refractivity contribution < 1.29 is 4.42 Å². The molecule has 6 aromatic carbocycles. The highest BCUT2D eigenvalue weighted by Gasteiger charge is 2.26. The molecule has 0 unspecified atom stereocenters. The van der Waals surface area contributed by atoms with Crippen LogP contribution in [0.25, 0.3) is 108 Å². The van der Waals surface area contributed by atoms with Gasteiger partial charge in [-0.1, -0.05) is 91.0 Å². The van der Waals surface area contributed by atoms with E-state index in [9.17, 15) is 0 Å². The lowest BCUT2D eigenvalue weighted by atomic mass is 10.00. The molecule has 0 saturated carbocycles. The molecule has 0 atom stereocenters. The lowest BCUT2D eigenvalue weighted by Gasteiger charge is -2.13. The highest BCUT2D eigenvalue weighted by atomic mass is 32.1. The van der Waals surface area contributed by atoms with Gasteiger partial charge in [0.25, 0.3) is 0 Å². The van der Waals surface area contributed by atoms with Crippen LogP contribution in [0.15, 0.2) is 126 Å². The average Bonchev–Trinajstić information content (AvgIpc) is 3.93. The van der Waals surface area contributed by atoms with Gasteiger partial charge in [-0.05, 0) is 54.6 Å². The maximum Gasteiger partial charge on any atom is 0.162 e. The van der Waals surface area contributed by atoms with Crippen molar-refractivity contribution in [1.82, 2.24) is 14.5 Å². The highest BCUT2D eigenvalue weighted by molar-refractivity contribution is 7.27. The molecule has 0 N–H and O–H groups in total. The Morgan fingerprint density at radius 2 is 1.38 bits per heavy atom. The Bertz CT molecular complexity index is 3280. The maximum absolute atomic E-state index is 6.20. The van der Waals surface area contributed by atoms with Crippen molar-refractivity contribution in [3.63, 3.8) is 0 Å². The number of benzene rings is 6. The first-order valence-corrected chi connectivity index (χ1v) is 18.6. The summed E-state index contributed by atoms with van der Waals surface area (Å²) in [4.78, 5) is 12.3. The van der Waals surface area contributed by atoms with E-state index in [2.05, 4.69) is 120 Å². The van der Waals surface area contributed by atoms with E-state index in [1.807, 2.05) is 34.8 Å². The third-order valence-electron chi connectivity index (χ3n) is 10.4.